The molecule has 0 spiro atoms. The van der Waals surface area contributed by atoms with E-state index < -0.39 is 10.0 Å². The molecule has 0 saturated heterocycles. The first-order valence-electron chi connectivity index (χ1n) is 9.47. The Labute approximate surface area is 166 Å². The number of carbonyl (C=O) groups is 1. The average molecular weight is 399 g/mol. The number of sulfonamides is 1. The molecule has 0 heterocycles. The molecule has 5 nitrogen and oxygen atoms in total. The second-order valence-electron chi connectivity index (χ2n) is 7.28. The predicted octanol–water partition coefficient (Wildman–Crippen LogP) is 3.66. The highest BCUT2D eigenvalue weighted by atomic mass is 32.2. The van der Waals surface area contributed by atoms with Crippen LogP contribution in [0.5, 0.6) is 0 Å². The van der Waals surface area contributed by atoms with Gasteiger partial charge in [-0.1, -0.05) is 48.7 Å². The van der Waals surface area contributed by atoms with Crippen LogP contribution in [0.15, 0.2) is 66.1 Å². The lowest BCUT2D eigenvalue weighted by Crippen LogP contribution is -2.43. The van der Waals surface area contributed by atoms with Crippen LogP contribution in [0.2, 0.25) is 0 Å². The lowest BCUT2D eigenvalue weighted by Gasteiger charge is -2.31. The van der Waals surface area contributed by atoms with Crippen molar-refractivity contribution in [2.24, 2.45) is 0 Å². The molecule has 0 unspecified atom stereocenters. The zero-order valence-corrected chi connectivity index (χ0v) is 16.9. The fourth-order valence-electron chi connectivity index (χ4n) is 3.73. The van der Waals surface area contributed by atoms with Crippen LogP contribution in [-0.4, -0.2) is 20.9 Å². The topological polar surface area (TPSA) is 75.3 Å². The number of aryl methyl sites for hydroxylation is 1. The van der Waals surface area contributed by atoms with Crippen molar-refractivity contribution in [3.05, 3.63) is 77.9 Å². The number of amides is 1. The van der Waals surface area contributed by atoms with Gasteiger partial charge >= 0.3 is 0 Å². The third-order valence-corrected chi connectivity index (χ3v) is 6.66. The zero-order valence-electron chi connectivity index (χ0n) is 16.1. The van der Waals surface area contributed by atoms with Gasteiger partial charge in [0, 0.05) is 12.1 Å². The van der Waals surface area contributed by atoms with Gasteiger partial charge < -0.3 is 5.32 Å². The fraction of sp³-hybridized carbons (Fsp3) is 0.318. The predicted molar refractivity (Wildman–Crippen MR) is 111 cm³/mol. The molecule has 2 aromatic carbocycles. The van der Waals surface area contributed by atoms with Crippen LogP contribution in [0.25, 0.3) is 0 Å². The number of hydrogen-bond acceptors (Lipinski definition) is 3. The number of benzene rings is 2. The van der Waals surface area contributed by atoms with E-state index in [1.54, 1.807) is 12.1 Å². The van der Waals surface area contributed by atoms with Gasteiger partial charge in [0.05, 0.1) is 10.4 Å². The molecule has 1 saturated carbocycles. The molecule has 148 valence electrons. The van der Waals surface area contributed by atoms with Gasteiger partial charge in [-0.25, -0.2) is 13.1 Å². The summed E-state index contributed by atoms with van der Waals surface area (Å²) in [6, 6.07) is 14.3. The van der Waals surface area contributed by atoms with E-state index in [1.807, 2.05) is 19.1 Å². The highest BCUT2D eigenvalue weighted by molar-refractivity contribution is 7.89. The molecule has 0 aromatic heterocycles. The van der Waals surface area contributed by atoms with Crippen LogP contribution >= 0.6 is 0 Å². The number of hydrogen-bond donors (Lipinski definition) is 2. The van der Waals surface area contributed by atoms with E-state index in [4.69, 9.17) is 0 Å². The summed E-state index contributed by atoms with van der Waals surface area (Å²) in [6.45, 7) is 5.71. The Bertz CT molecular complexity index is 960. The summed E-state index contributed by atoms with van der Waals surface area (Å²) in [5.41, 5.74) is 2.38. The largest absolute Gasteiger partial charge is 0.343 e. The maximum atomic E-state index is 12.9. The third kappa shape index (κ3) is 4.34. The average Bonchev–Trinajstić information content (AvgIpc) is 3.16. The van der Waals surface area contributed by atoms with Crippen molar-refractivity contribution in [2.75, 3.05) is 6.54 Å². The van der Waals surface area contributed by atoms with E-state index >= 15 is 0 Å². The maximum Gasteiger partial charge on any atom is 0.251 e. The molecule has 1 aliphatic rings. The summed E-state index contributed by atoms with van der Waals surface area (Å²) in [4.78, 5) is 13.0. The standard InChI is InChI=1S/C22H26N2O3S/c1-3-15-23-28(26,27)20-11-9-18(10-12-20)21(25)24-22(13-4-5-14-22)19-8-6-7-17(2)16-19/h3,6-12,16,23H,1,4-5,13-15H2,2H3,(H,24,25). The van der Waals surface area contributed by atoms with E-state index in [1.165, 1.54) is 23.8 Å². The molecule has 0 atom stereocenters. The summed E-state index contributed by atoms with van der Waals surface area (Å²) >= 11 is 0. The van der Waals surface area contributed by atoms with E-state index in [9.17, 15) is 13.2 Å². The highest BCUT2D eigenvalue weighted by Crippen LogP contribution is 2.39. The van der Waals surface area contributed by atoms with E-state index in [-0.39, 0.29) is 22.9 Å². The Morgan fingerprint density at radius 1 is 1.14 bits per heavy atom. The summed E-state index contributed by atoms with van der Waals surface area (Å²) in [7, 11) is -3.60. The first-order valence-corrected chi connectivity index (χ1v) is 10.9. The van der Waals surface area contributed by atoms with E-state index in [2.05, 4.69) is 28.8 Å². The van der Waals surface area contributed by atoms with Crippen LogP contribution in [0.3, 0.4) is 0 Å². The van der Waals surface area contributed by atoms with Crippen LogP contribution in [0, 0.1) is 6.92 Å². The van der Waals surface area contributed by atoms with Gasteiger partial charge in [0.25, 0.3) is 5.91 Å². The highest BCUT2D eigenvalue weighted by Gasteiger charge is 2.37. The Morgan fingerprint density at radius 3 is 2.43 bits per heavy atom. The van der Waals surface area contributed by atoms with Gasteiger partial charge in [0.1, 0.15) is 0 Å². The van der Waals surface area contributed by atoms with Crippen molar-refractivity contribution >= 4 is 15.9 Å². The smallest absolute Gasteiger partial charge is 0.251 e. The first kappa shape index (κ1) is 20.3. The summed E-state index contributed by atoms with van der Waals surface area (Å²) in [6.07, 6.45) is 5.42. The number of nitrogens with one attached hydrogen (secondary N) is 2. The van der Waals surface area contributed by atoms with Crippen molar-refractivity contribution < 1.29 is 13.2 Å². The van der Waals surface area contributed by atoms with Crippen molar-refractivity contribution in [3.63, 3.8) is 0 Å². The van der Waals surface area contributed by atoms with Crippen molar-refractivity contribution in [3.8, 4) is 0 Å². The normalized spacial score (nSPS) is 15.9. The van der Waals surface area contributed by atoms with Gasteiger partial charge in [0.15, 0.2) is 0 Å². The fourth-order valence-corrected chi connectivity index (χ4v) is 4.73. The lowest BCUT2D eigenvalue weighted by molar-refractivity contribution is 0.0898. The molecular weight excluding hydrogens is 372 g/mol. The van der Waals surface area contributed by atoms with Crippen LogP contribution < -0.4 is 10.0 Å². The van der Waals surface area contributed by atoms with Crippen molar-refractivity contribution in [2.45, 2.75) is 43.0 Å². The Kier molecular flexibility index (Phi) is 6.01. The van der Waals surface area contributed by atoms with Crippen LogP contribution in [-0.2, 0) is 15.6 Å². The van der Waals surface area contributed by atoms with Gasteiger partial charge in [-0.3, -0.25) is 4.79 Å². The Balaban J connectivity index is 1.81. The third-order valence-electron chi connectivity index (χ3n) is 5.23. The molecular formula is C22H26N2O3S. The zero-order chi connectivity index (χ0) is 20.2. The molecule has 1 amide bonds. The van der Waals surface area contributed by atoms with E-state index in [0.717, 1.165) is 31.2 Å². The molecule has 0 bridgehead atoms. The summed E-state index contributed by atoms with van der Waals surface area (Å²) < 4.78 is 26.7. The molecule has 0 aliphatic heterocycles. The molecule has 0 radical (unpaired) electrons. The molecule has 1 fully saturated rings. The molecule has 2 aromatic rings. The summed E-state index contributed by atoms with van der Waals surface area (Å²) in [5, 5.41) is 3.23. The van der Waals surface area contributed by atoms with Crippen LogP contribution in [0.1, 0.15) is 47.2 Å². The second-order valence-corrected chi connectivity index (χ2v) is 9.04. The first-order chi connectivity index (χ1) is 13.4. The minimum absolute atomic E-state index is 0.125. The molecule has 6 heteroatoms. The van der Waals surface area contributed by atoms with Gasteiger partial charge in [-0.05, 0) is 49.6 Å². The van der Waals surface area contributed by atoms with Gasteiger partial charge in [-0.15, -0.1) is 6.58 Å². The maximum absolute atomic E-state index is 12.9. The number of rotatable bonds is 7. The van der Waals surface area contributed by atoms with Gasteiger partial charge in [0.2, 0.25) is 10.0 Å². The van der Waals surface area contributed by atoms with Crippen molar-refractivity contribution in [1.29, 1.82) is 0 Å². The molecule has 2 N–H and O–H groups in total. The minimum atomic E-state index is -3.60. The second kappa shape index (κ2) is 8.29. The van der Waals surface area contributed by atoms with Crippen LogP contribution in [0.4, 0.5) is 0 Å². The lowest BCUT2D eigenvalue weighted by atomic mass is 9.87. The van der Waals surface area contributed by atoms with Gasteiger partial charge in [-0.2, -0.15) is 0 Å². The molecule has 28 heavy (non-hydrogen) atoms. The molecule has 3 rings (SSSR count). The summed E-state index contributed by atoms with van der Waals surface area (Å²) in [5.74, 6) is -0.189. The van der Waals surface area contributed by atoms with Crippen molar-refractivity contribution in [1.82, 2.24) is 10.0 Å². The SMILES string of the molecule is C=CCNS(=O)(=O)c1ccc(C(=O)NC2(c3cccc(C)c3)CCCC2)cc1. The quantitative estimate of drug-likeness (QED) is 0.699. The molecule has 1 aliphatic carbocycles. The van der Waals surface area contributed by atoms with E-state index in [0.29, 0.717) is 5.56 Å². The monoisotopic (exact) mass is 398 g/mol. The Hall–Kier alpha value is -2.44. The Morgan fingerprint density at radius 2 is 1.82 bits per heavy atom. The number of carbonyl (C=O) groups excluding carboxylic acids is 1. The minimum Gasteiger partial charge on any atom is -0.343 e.